The zero-order chi connectivity index (χ0) is 29.3. The number of carbonyl (C=O) groups is 2. The van der Waals surface area contributed by atoms with Crippen molar-refractivity contribution in [3.63, 3.8) is 0 Å². The molecule has 0 aromatic carbocycles. The predicted molar refractivity (Wildman–Crippen MR) is 135 cm³/mol. The van der Waals surface area contributed by atoms with E-state index in [0.29, 0.717) is 16.9 Å². The van der Waals surface area contributed by atoms with Gasteiger partial charge in [-0.25, -0.2) is 31.9 Å². The van der Waals surface area contributed by atoms with Gasteiger partial charge in [-0.3, -0.25) is 4.79 Å². The molecule has 2 aromatic heterocycles. The van der Waals surface area contributed by atoms with E-state index < -0.39 is 47.4 Å². The van der Waals surface area contributed by atoms with Crippen LogP contribution in [0.15, 0.2) is 18.5 Å². The summed E-state index contributed by atoms with van der Waals surface area (Å²) in [7, 11) is 0. The molecule has 218 valence electrons. The number of amides is 2. The highest BCUT2D eigenvalue weighted by atomic mass is 19.3. The number of imidazole rings is 1. The van der Waals surface area contributed by atoms with Crippen molar-refractivity contribution in [3.05, 3.63) is 29.7 Å². The van der Waals surface area contributed by atoms with Crippen LogP contribution in [-0.4, -0.2) is 44.0 Å². The Bertz CT molecular complexity index is 1270. The molecule has 0 spiro atoms. The minimum Gasteiger partial charge on any atom is -0.444 e. The third kappa shape index (κ3) is 7.61. The van der Waals surface area contributed by atoms with Crippen molar-refractivity contribution in [3.8, 4) is 6.07 Å². The first-order valence-electron chi connectivity index (χ1n) is 13.4. The molecule has 9 nitrogen and oxygen atoms in total. The Morgan fingerprint density at radius 2 is 1.85 bits per heavy atom. The fourth-order valence-corrected chi connectivity index (χ4v) is 5.30. The van der Waals surface area contributed by atoms with Gasteiger partial charge in [-0.2, -0.15) is 10.4 Å². The second-order valence-corrected chi connectivity index (χ2v) is 11.9. The Morgan fingerprint density at radius 3 is 2.45 bits per heavy atom. The lowest BCUT2D eigenvalue weighted by atomic mass is 9.79. The maximum atomic E-state index is 13.9. The number of nitriles is 1. The van der Waals surface area contributed by atoms with Gasteiger partial charge >= 0.3 is 6.09 Å². The van der Waals surface area contributed by atoms with Gasteiger partial charge in [0.05, 0.1) is 42.7 Å². The molecular formula is C27H34F4N6O3. The van der Waals surface area contributed by atoms with E-state index in [9.17, 15) is 32.4 Å². The lowest BCUT2D eigenvalue weighted by Crippen LogP contribution is -2.40. The van der Waals surface area contributed by atoms with E-state index in [1.807, 2.05) is 6.07 Å². The van der Waals surface area contributed by atoms with Gasteiger partial charge in [0.25, 0.3) is 0 Å². The highest BCUT2D eigenvalue weighted by molar-refractivity contribution is 5.77. The topological polar surface area (TPSA) is 121 Å². The van der Waals surface area contributed by atoms with Crippen molar-refractivity contribution < 1.29 is 31.9 Å². The van der Waals surface area contributed by atoms with Gasteiger partial charge in [0.1, 0.15) is 5.60 Å². The Morgan fingerprint density at radius 1 is 1.18 bits per heavy atom. The molecule has 0 saturated heterocycles. The molecule has 40 heavy (non-hydrogen) atoms. The molecule has 2 aromatic rings. The Balaban J connectivity index is 1.54. The number of nitrogens with one attached hydrogen (secondary N) is 2. The van der Waals surface area contributed by atoms with Crippen LogP contribution in [0.4, 0.5) is 22.4 Å². The van der Waals surface area contributed by atoms with Crippen molar-refractivity contribution in [2.75, 3.05) is 0 Å². The minimum absolute atomic E-state index is 0.0564. The predicted octanol–water partition coefficient (Wildman–Crippen LogP) is 5.63. The number of fused-ring (bicyclic) bond motifs is 1. The van der Waals surface area contributed by atoms with Crippen LogP contribution in [0.1, 0.15) is 95.5 Å². The van der Waals surface area contributed by atoms with E-state index in [1.54, 1.807) is 33.0 Å². The standard InChI is InChI=1S/C27H34F4N6O3/c1-25(2,3)40-24(39)36-23(17-4-7-26(28,29)8-5-17)20-15-37-21(34-20)11-18(14-33-37)19(6-9-32)35-22(38)10-16-12-27(30,31)13-16/h11,14-17,19,23H,4-8,10,12-13H2,1-3H3,(H,35,38)(H,36,39)/t19-,23-/m0/s1. The summed E-state index contributed by atoms with van der Waals surface area (Å²) in [6.07, 6.45) is 1.36. The number of aromatic nitrogens is 3. The van der Waals surface area contributed by atoms with Crippen LogP contribution in [-0.2, 0) is 9.53 Å². The lowest BCUT2D eigenvalue weighted by Gasteiger charge is -2.34. The number of alkyl halides is 4. The van der Waals surface area contributed by atoms with Crippen molar-refractivity contribution in [1.29, 1.82) is 5.26 Å². The van der Waals surface area contributed by atoms with Crippen LogP contribution < -0.4 is 10.6 Å². The Labute approximate surface area is 229 Å². The molecule has 13 heteroatoms. The van der Waals surface area contributed by atoms with Crippen molar-refractivity contribution >= 4 is 17.6 Å². The molecule has 2 saturated carbocycles. The zero-order valence-corrected chi connectivity index (χ0v) is 22.7. The van der Waals surface area contributed by atoms with E-state index in [0.717, 1.165) is 0 Å². The van der Waals surface area contributed by atoms with Gasteiger partial charge in [0.15, 0.2) is 5.65 Å². The molecule has 2 amide bonds. The van der Waals surface area contributed by atoms with Crippen LogP contribution in [0.25, 0.3) is 5.65 Å². The first-order valence-corrected chi connectivity index (χ1v) is 13.4. The van der Waals surface area contributed by atoms with Gasteiger partial charge in [-0.1, -0.05) is 0 Å². The fraction of sp³-hybridized carbons (Fsp3) is 0.667. The normalized spacial score (nSPS) is 20.6. The lowest BCUT2D eigenvalue weighted by molar-refractivity contribution is -0.134. The van der Waals surface area contributed by atoms with Gasteiger partial charge in [0.2, 0.25) is 17.8 Å². The summed E-state index contributed by atoms with van der Waals surface area (Å²) in [5.41, 5.74) is 0.508. The number of hydrogen-bond donors (Lipinski definition) is 2. The summed E-state index contributed by atoms with van der Waals surface area (Å²) in [6, 6.07) is 2.22. The molecule has 0 aliphatic heterocycles. The number of ether oxygens (including phenoxy) is 1. The van der Waals surface area contributed by atoms with Gasteiger partial charge in [-0.15, -0.1) is 0 Å². The van der Waals surface area contributed by atoms with Crippen LogP contribution >= 0.6 is 0 Å². The van der Waals surface area contributed by atoms with E-state index >= 15 is 0 Å². The van der Waals surface area contributed by atoms with Crippen LogP contribution in [0, 0.1) is 23.2 Å². The summed E-state index contributed by atoms with van der Waals surface area (Å²) in [4.78, 5) is 29.7. The minimum atomic E-state index is -2.75. The average Bonchev–Trinajstić information content (AvgIpc) is 3.23. The van der Waals surface area contributed by atoms with Crippen molar-refractivity contribution in [2.24, 2.45) is 11.8 Å². The largest absolute Gasteiger partial charge is 0.444 e. The first kappa shape index (κ1) is 29.6. The third-order valence-electron chi connectivity index (χ3n) is 7.27. The maximum absolute atomic E-state index is 13.9. The monoisotopic (exact) mass is 566 g/mol. The van der Waals surface area contributed by atoms with E-state index in [1.165, 1.54) is 10.7 Å². The fourth-order valence-electron chi connectivity index (χ4n) is 5.30. The highest BCUT2D eigenvalue weighted by Crippen LogP contribution is 2.44. The van der Waals surface area contributed by atoms with Gasteiger partial charge in [0, 0.05) is 32.1 Å². The average molecular weight is 567 g/mol. The quantitative estimate of drug-likeness (QED) is 0.400. The second kappa shape index (κ2) is 11.2. The molecule has 0 bridgehead atoms. The van der Waals surface area contributed by atoms with Crippen LogP contribution in [0.3, 0.4) is 0 Å². The molecule has 2 aliphatic rings. The molecule has 4 rings (SSSR count). The molecule has 0 unspecified atom stereocenters. The number of alkyl carbamates (subject to hydrolysis) is 1. The van der Waals surface area contributed by atoms with Crippen LogP contribution in [0.5, 0.6) is 0 Å². The van der Waals surface area contributed by atoms with Crippen molar-refractivity contribution in [1.82, 2.24) is 25.2 Å². The zero-order valence-electron chi connectivity index (χ0n) is 22.7. The summed E-state index contributed by atoms with van der Waals surface area (Å²) in [6.45, 7) is 5.16. The van der Waals surface area contributed by atoms with E-state index in [2.05, 4.69) is 20.7 Å². The molecule has 0 radical (unpaired) electrons. The van der Waals surface area contributed by atoms with Crippen molar-refractivity contribution in [2.45, 2.75) is 102 Å². The molecule has 2 N–H and O–H groups in total. The van der Waals surface area contributed by atoms with E-state index in [-0.39, 0.29) is 57.3 Å². The number of halogens is 4. The van der Waals surface area contributed by atoms with Gasteiger partial charge < -0.3 is 15.4 Å². The number of rotatable bonds is 8. The summed E-state index contributed by atoms with van der Waals surface area (Å²) < 4.78 is 60.9. The third-order valence-corrected chi connectivity index (χ3v) is 7.27. The Hall–Kier alpha value is -3.43. The summed E-state index contributed by atoms with van der Waals surface area (Å²) in [5, 5.41) is 19.2. The smallest absolute Gasteiger partial charge is 0.408 e. The molecule has 2 fully saturated rings. The molecular weight excluding hydrogens is 532 g/mol. The molecule has 2 aliphatic carbocycles. The maximum Gasteiger partial charge on any atom is 0.408 e. The number of nitrogens with zero attached hydrogens (tertiary/aromatic N) is 4. The summed E-state index contributed by atoms with van der Waals surface area (Å²) in [5.74, 6) is -6.61. The molecule has 2 atom stereocenters. The number of hydrogen-bond acceptors (Lipinski definition) is 6. The van der Waals surface area contributed by atoms with E-state index in [4.69, 9.17) is 4.74 Å². The second-order valence-electron chi connectivity index (χ2n) is 11.9. The number of carbonyl (C=O) groups excluding carboxylic acids is 2. The SMILES string of the molecule is CC(C)(C)OC(=O)N[C@H](c1cn2ncc([C@H](CC#N)NC(=O)CC3CC(F)(F)C3)cc2n1)C1CCC(F)(F)CC1. The first-order chi connectivity index (χ1) is 18.6. The van der Waals surface area contributed by atoms with Crippen LogP contribution in [0.2, 0.25) is 0 Å². The Kier molecular flexibility index (Phi) is 8.28. The van der Waals surface area contributed by atoms with Gasteiger partial charge in [-0.05, 0) is 57.1 Å². The summed E-state index contributed by atoms with van der Waals surface area (Å²) >= 11 is 0. The highest BCUT2D eigenvalue weighted by Gasteiger charge is 2.46. The molecule has 2 heterocycles.